The van der Waals surface area contributed by atoms with E-state index in [1.807, 2.05) is 12.2 Å². The summed E-state index contributed by atoms with van der Waals surface area (Å²) in [6.45, 7) is 5.47. The molecule has 3 N–H and O–H groups in total. The smallest absolute Gasteiger partial charge is 0.227 e. The summed E-state index contributed by atoms with van der Waals surface area (Å²) in [5.41, 5.74) is 3.42. The third-order valence-electron chi connectivity index (χ3n) is 5.54. The number of anilines is 1. The summed E-state index contributed by atoms with van der Waals surface area (Å²) >= 11 is 1.68. The largest absolute Gasteiger partial charge is 0.366 e. The average Bonchev–Trinajstić information content (AvgIpc) is 3.27. The third kappa shape index (κ3) is 6.63. The maximum Gasteiger partial charge on any atom is 0.227 e. The van der Waals surface area contributed by atoms with Crippen LogP contribution in [0.15, 0.2) is 47.4 Å². The highest BCUT2D eigenvalue weighted by Crippen LogP contribution is 2.29. The van der Waals surface area contributed by atoms with E-state index in [-0.39, 0.29) is 11.8 Å². The fourth-order valence-electron chi connectivity index (χ4n) is 3.54. The molecule has 6 nitrogen and oxygen atoms in total. The minimum Gasteiger partial charge on any atom is -0.366 e. The molecule has 0 saturated carbocycles. The number of amides is 1. The van der Waals surface area contributed by atoms with E-state index >= 15 is 0 Å². The van der Waals surface area contributed by atoms with Crippen molar-refractivity contribution >= 4 is 27.9 Å². The first-order chi connectivity index (χ1) is 15.0. The summed E-state index contributed by atoms with van der Waals surface area (Å²) in [4.78, 5) is 19.5. The quantitative estimate of drug-likeness (QED) is 0.479. The SMILES string of the molecule is CCCCN(CC1=CCC(C(=O)NC(C)C(O)O)C=C1)c1nc(C2=CCCC=C2)cs1. The van der Waals surface area contributed by atoms with E-state index in [4.69, 9.17) is 15.2 Å². The molecule has 0 aliphatic heterocycles. The van der Waals surface area contributed by atoms with Crippen LogP contribution in [0.1, 0.15) is 51.6 Å². The Labute approximate surface area is 188 Å². The molecule has 2 atom stereocenters. The van der Waals surface area contributed by atoms with Crippen molar-refractivity contribution in [2.24, 2.45) is 5.92 Å². The number of thiazole rings is 1. The van der Waals surface area contributed by atoms with Crippen LogP contribution in [0.25, 0.3) is 5.57 Å². The van der Waals surface area contributed by atoms with Crippen molar-refractivity contribution in [2.45, 2.75) is 58.3 Å². The van der Waals surface area contributed by atoms with Crippen LogP contribution in [-0.2, 0) is 4.79 Å². The number of allylic oxidation sites excluding steroid dienone is 5. The number of hydrogen-bond donors (Lipinski definition) is 3. The number of carbonyl (C=O) groups is 1. The Hall–Kier alpha value is -2.22. The fourth-order valence-corrected chi connectivity index (χ4v) is 4.40. The second-order valence-corrected chi connectivity index (χ2v) is 8.96. The van der Waals surface area contributed by atoms with Crippen LogP contribution >= 0.6 is 11.3 Å². The molecule has 0 saturated heterocycles. The fraction of sp³-hybridized carbons (Fsp3) is 0.500. The number of aliphatic hydroxyl groups is 2. The van der Waals surface area contributed by atoms with Crippen LogP contribution in [0.2, 0.25) is 0 Å². The van der Waals surface area contributed by atoms with Crippen molar-refractivity contribution in [1.82, 2.24) is 10.3 Å². The van der Waals surface area contributed by atoms with Crippen LogP contribution < -0.4 is 10.2 Å². The predicted molar refractivity (Wildman–Crippen MR) is 127 cm³/mol. The molecule has 0 fully saturated rings. The lowest BCUT2D eigenvalue weighted by Crippen LogP contribution is -2.43. The van der Waals surface area contributed by atoms with E-state index in [1.165, 1.54) is 11.1 Å². The number of nitrogens with zero attached hydrogens (tertiary/aromatic N) is 2. The highest BCUT2D eigenvalue weighted by Gasteiger charge is 2.22. The van der Waals surface area contributed by atoms with E-state index in [1.54, 1.807) is 18.3 Å². The summed E-state index contributed by atoms with van der Waals surface area (Å²) in [5.74, 6) is -0.473. The van der Waals surface area contributed by atoms with E-state index in [0.717, 1.165) is 49.6 Å². The van der Waals surface area contributed by atoms with Gasteiger partial charge in [-0.1, -0.05) is 49.8 Å². The van der Waals surface area contributed by atoms with Gasteiger partial charge in [0.05, 0.1) is 17.7 Å². The van der Waals surface area contributed by atoms with Gasteiger partial charge in [-0.25, -0.2) is 4.98 Å². The molecule has 0 spiro atoms. The lowest BCUT2D eigenvalue weighted by atomic mass is 9.95. The Bertz CT molecular complexity index is 869. The van der Waals surface area contributed by atoms with Gasteiger partial charge in [0, 0.05) is 18.5 Å². The standard InChI is InChI=1S/C24H33N3O3S/c1-3-4-14-27(24-26-21(16-31-24)19-8-6-5-7-9-19)15-18-10-12-20(13-11-18)22(28)25-17(2)23(29)30/h6,8-12,16-17,20,23,29-30H,3-5,7,13-15H2,1-2H3,(H,25,28). The van der Waals surface area contributed by atoms with Gasteiger partial charge in [0.15, 0.2) is 11.4 Å². The topological polar surface area (TPSA) is 85.7 Å². The van der Waals surface area contributed by atoms with E-state index in [2.05, 4.69) is 46.8 Å². The van der Waals surface area contributed by atoms with E-state index in [9.17, 15) is 4.79 Å². The van der Waals surface area contributed by atoms with Crippen molar-refractivity contribution in [3.05, 3.63) is 53.1 Å². The van der Waals surface area contributed by atoms with Crippen molar-refractivity contribution in [3.63, 3.8) is 0 Å². The van der Waals surface area contributed by atoms with Crippen LogP contribution in [-0.4, -0.2) is 46.5 Å². The molecule has 1 aromatic rings. The maximum absolute atomic E-state index is 12.3. The lowest BCUT2D eigenvalue weighted by Gasteiger charge is -2.25. The molecule has 1 amide bonds. The van der Waals surface area contributed by atoms with Gasteiger partial charge in [0.25, 0.3) is 0 Å². The van der Waals surface area contributed by atoms with Gasteiger partial charge in [0.1, 0.15) is 0 Å². The summed E-state index contributed by atoms with van der Waals surface area (Å²) in [6, 6.07) is -0.691. The molecule has 0 bridgehead atoms. The molecular weight excluding hydrogens is 410 g/mol. The Morgan fingerprint density at radius 3 is 2.81 bits per heavy atom. The van der Waals surface area contributed by atoms with Crippen molar-refractivity contribution in [3.8, 4) is 0 Å². The summed E-state index contributed by atoms with van der Waals surface area (Å²) in [5, 5.41) is 24.1. The number of hydrogen-bond acceptors (Lipinski definition) is 6. The van der Waals surface area contributed by atoms with Gasteiger partial charge in [0.2, 0.25) is 5.91 Å². The molecule has 1 heterocycles. The zero-order valence-corrected chi connectivity index (χ0v) is 19.1. The molecule has 1 aromatic heterocycles. The molecule has 7 heteroatoms. The molecule has 2 aliphatic carbocycles. The summed E-state index contributed by atoms with van der Waals surface area (Å²) < 4.78 is 0. The molecule has 168 valence electrons. The Kier molecular flexibility index (Phi) is 8.63. The van der Waals surface area contributed by atoms with Gasteiger partial charge in [-0.15, -0.1) is 11.3 Å². The van der Waals surface area contributed by atoms with Crippen LogP contribution in [0.3, 0.4) is 0 Å². The Morgan fingerprint density at radius 2 is 2.16 bits per heavy atom. The van der Waals surface area contributed by atoms with Gasteiger partial charge >= 0.3 is 0 Å². The second kappa shape index (κ2) is 11.4. The van der Waals surface area contributed by atoms with Crippen LogP contribution in [0.5, 0.6) is 0 Å². The first kappa shape index (κ1) is 23.4. The van der Waals surface area contributed by atoms with E-state index in [0.29, 0.717) is 6.42 Å². The van der Waals surface area contributed by atoms with Crippen LogP contribution in [0.4, 0.5) is 5.13 Å². The molecule has 2 aliphatic rings. The van der Waals surface area contributed by atoms with Crippen molar-refractivity contribution in [1.29, 1.82) is 0 Å². The first-order valence-electron chi connectivity index (χ1n) is 11.1. The number of aromatic nitrogens is 1. The molecular formula is C24H33N3O3S. The summed E-state index contributed by atoms with van der Waals surface area (Å²) in [6.07, 6.45) is 16.1. The molecule has 3 rings (SSSR count). The number of nitrogens with one attached hydrogen (secondary N) is 1. The van der Waals surface area contributed by atoms with Crippen molar-refractivity contribution < 1.29 is 15.0 Å². The highest BCUT2D eigenvalue weighted by molar-refractivity contribution is 7.13. The zero-order chi connectivity index (χ0) is 22.2. The number of rotatable bonds is 10. The lowest BCUT2D eigenvalue weighted by molar-refractivity contribution is -0.128. The monoisotopic (exact) mass is 443 g/mol. The number of aliphatic hydroxyl groups excluding tert-OH is 1. The number of unbranched alkanes of at least 4 members (excludes halogenated alkanes) is 1. The third-order valence-corrected chi connectivity index (χ3v) is 6.44. The van der Waals surface area contributed by atoms with Crippen molar-refractivity contribution in [2.75, 3.05) is 18.0 Å². The Balaban J connectivity index is 1.63. The predicted octanol–water partition coefficient (Wildman–Crippen LogP) is 3.80. The molecule has 2 unspecified atom stereocenters. The van der Waals surface area contributed by atoms with Gasteiger partial charge in [-0.3, -0.25) is 4.79 Å². The Morgan fingerprint density at radius 1 is 1.32 bits per heavy atom. The molecule has 0 radical (unpaired) electrons. The van der Waals surface area contributed by atoms with Gasteiger partial charge < -0.3 is 20.4 Å². The van der Waals surface area contributed by atoms with Crippen LogP contribution in [0, 0.1) is 5.92 Å². The highest BCUT2D eigenvalue weighted by atomic mass is 32.1. The first-order valence-corrected chi connectivity index (χ1v) is 12.0. The van der Waals surface area contributed by atoms with Gasteiger partial charge in [-0.2, -0.15) is 0 Å². The zero-order valence-electron chi connectivity index (χ0n) is 18.3. The van der Waals surface area contributed by atoms with Gasteiger partial charge in [-0.05, 0) is 43.8 Å². The average molecular weight is 444 g/mol. The minimum atomic E-state index is -1.56. The maximum atomic E-state index is 12.3. The normalized spacial score (nSPS) is 19.2. The molecule has 0 aromatic carbocycles. The minimum absolute atomic E-state index is 0.187. The second-order valence-electron chi connectivity index (χ2n) is 8.12. The summed E-state index contributed by atoms with van der Waals surface area (Å²) in [7, 11) is 0. The van der Waals surface area contributed by atoms with E-state index < -0.39 is 12.3 Å². The number of carbonyl (C=O) groups excluding carboxylic acids is 1. The molecule has 31 heavy (non-hydrogen) atoms.